The highest BCUT2D eigenvalue weighted by atomic mass is 79.9. The van der Waals surface area contributed by atoms with Gasteiger partial charge in [-0.3, -0.25) is 0 Å². The maximum atomic E-state index is 6.14. The highest BCUT2D eigenvalue weighted by Crippen LogP contribution is 2.42. The molecule has 0 amide bonds. The Balaban J connectivity index is 2.09. The molecule has 0 atom stereocenters. The number of thiophene rings is 1. The minimum absolute atomic E-state index is 0.676. The van der Waals surface area contributed by atoms with Crippen molar-refractivity contribution in [2.75, 3.05) is 18.9 Å². The van der Waals surface area contributed by atoms with Gasteiger partial charge in [0.2, 0.25) is 0 Å². The summed E-state index contributed by atoms with van der Waals surface area (Å²) in [6.45, 7) is 3.43. The third-order valence-electron chi connectivity index (χ3n) is 3.04. The number of nitrogen functional groups attached to an aromatic ring is 1. The second-order valence-electron chi connectivity index (χ2n) is 4.50. The Morgan fingerprint density at radius 1 is 1.16 bits per heavy atom. The number of anilines is 1. The predicted octanol–water partition coefficient (Wildman–Crippen LogP) is 4.23. The number of aryl methyl sites for hydroxylation is 1. The van der Waals surface area contributed by atoms with Gasteiger partial charge < -0.3 is 15.2 Å². The van der Waals surface area contributed by atoms with Crippen molar-refractivity contribution < 1.29 is 9.47 Å². The average molecular weight is 340 g/mol. The zero-order valence-corrected chi connectivity index (χ0v) is 12.9. The number of hydrogen-bond donors (Lipinski definition) is 1. The first-order valence-electron chi connectivity index (χ1n) is 6.10. The van der Waals surface area contributed by atoms with Crippen LogP contribution in [0.25, 0.3) is 10.4 Å². The van der Waals surface area contributed by atoms with Crippen LogP contribution in [0, 0.1) is 6.92 Å². The minimum atomic E-state index is 0.676. The smallest absolute Gasteiger partial charge is 0.163 e. The van der Waals surface area contributed by atoms with Gasteiger partial charge in [0.1, 0.15) is 0 Å². The normalized spacial score (nSPS) is 14.2. The first-order valence-corrected chi connectivity index (χ1v) is 7.71. The highest BCUT2D eigenvalue weighted by molar-refractivity contribution is 9.11. The first kappa shape index (κ1) is 12.8. The van der Waals surface area contributed by atoms with E-state index in [-0.39, 0.29) is 0 Å². The minimum Gasteiger partial charge on any atom is -0.490 e. The molecule has 1 aliphatic heterocycles. The molecule has 3 nitrogen and oxygen atoms in total. The molecule has 0 radical (unpaired) electrons. The maximum Gasteiger partial charge on any atom is 0.163 e. The maximum absolute atomic E-state index is 6.14. The van der Waals surface area contributed by atoms with E-state index in [0.717, 1.165) is 37.8 Å². The summed E-state index contributed by atoms with van der Waals surface area (Å²) in [7, 11) is 0. The quantitative estimate of drug-likeness (QED) is 0.790. The number of ether oxygens (including phenoxy) is 2. The standard InChI is InChI=1S/C14H14BrNO2S/c1-8-5-13(19-14(8)15)9-6-11-12(7-10(9)16)18-4-2-3-17-11/h5-7H,2-4,16H2,1H3. The molecule has 2 heterocycles. The predicted molar refractivity (Wildman–Crippen MR) is 82.2 cm³/mol. The molecule has 0 bridgehead atoms. The van der Waals surface area contributed by atoms with Gasteiger partial charge in [0.15, 0.2) is 11.5 Å². The lowest BCUT2D eigenvalue weighted by Gasteiger charge is -2.11. The van der Waals surface area contributed by atoms with Gasteiger partial charge in [0.25, 0.3) is 0 Å². The molecule has 0 saturated heterocycles. The highest BCUT2D eigenvalue weighted by Gasteiger charge is 2.16. The van der Waals surface area contributed by atoms with Crippen LogP contribution in [0.3, 0.4) is 0 Å². The van der Waals surface area contributed by atoms with E-state index >= 15 is 0 Å². The molecule has 0 fully saturated rings. The molecule has 1 aromatic carbocycles. The molecule has 3 rings (SSSR count). The fourth-order valence-corrected chi connectivity index (χ4v) is 3.60. The molecule has 5 heteroatoms. The fraction of sp³-hybridized carbons (Fsp3) is 0.286. The monoisotopic (exact) mass is 339 g/mol. The van der Waals surface area contributed by atoms with Crippen LogP contribution in [0.1, 0.15) is 12.0 Å². The summed E-state index contributed by atoms with van der Waals surface area (Å²) < 4.78 is 12.5. The Labute approximate surface area is 124 Å². The summed E-state index contributed by atoms with van der Waals surface area (Å²) in [6, 6.07) is 5.97. The first-order chi connectivity index (χ1) is 9.15. The van der Waals surface area contributed by atoms with Crippen molar-refractivity contribution in [2.24, 2.45) is 0 Å². The largest absolute Gasteiger partial charge is 0.490 e. The van der Waals surface area contributed by atoms with Gasteiger partial charge in [0.05, 0.1) is 17.0 Å². The molecule has 1 aromatic heterocycles. The number of fused-ring (bicyclic) bond motifs is 1. The molecule has 0 aliphatic carbocycles. The van der Waals surface area contributed by atoms with Crippen molar-refractivity contribution in [1.29, 1.82) is 0 Å². The van der Waals surface area contributed by atoms with Gasteiger partial charge in [-0.25, -0.2) is 0 Å². The van der Waals surface area contributed by atoms with Crippen molar-refractivity contribution in [1.82, 2.24) is 0 Å². The Bertz CT molecular complexity index is 605. The number of halogens is 1. The summed E-state index contributed by atoms with van der Waals surface area (Å²) in [5.74, 6) is 1.52. The second-order valence-corrected chi connectivity index (χ2v) is 6.87. The van der Waals surface area contributed by atoms with Gasteiger partial charge in [-0.05, 0) is 40.5 Å². The van der Waals surface area contributed by atoms with E-state index in [1.165, 1.54) is 5.56 Å². The van der Waals surface area contributed by atoms with Gasteiger partial charge in [-0.1, -0.05) is 0 Å². The van der Waals surface area contributed by atoms with Crippen LogP contribution in [-0.2, 0) is 0 Å². The molecule has 0 saturated carbocycles. The van der Waals surface area contributed by atoms with Crippen molar-refractivity contribution >= 4 is 33.0 Å². The Hall–Kier alpha value is -1.20. The summed E-state index contributed by atoms with van der Waals surface area (Å²) >= 11 is 5.22. The molecular weight excluding hydrogens is 326 g/mol. The van der Waals surface area contributed by atoms with Crippen LogP contribution >= 0.6 is 27.3 Å². The van der Waals surface area contributed by atoms with Crippen LogP contribution in [0.2, 0.25) is 0 Å². The SMILES string of the molecule is Cc1cc(-c2cc3c(cc2N)OCCCO3)sc1Br. The van der Waals surface area contributed by atoms with Crippen LogP contribution in [0.4, 0.5) is 5.69 Å². The second kappa shape index (κ2) is 5.06. The number of hydrogen-bond acceptors (Lipinski definition) is 4. The molecular formula is C14H14BrNO2S. The topological polar surface area (TPSA) is 44.5 Å². The molecule has 0 unspecified atom stereocenters. The zero-order chi connectivity index (χ0) is 13.4. The Morgan fingerprint density at radius 2 is 1.84 bits per heavy atom. The molecule has 2 N–H and O–H groups in total. The third kappa shape index (κ3) is 2.44. The van der Waals surface area contributed by atoms with E-state index in [1.54, 1.807) is 11.3 Å². The van der Waals surface area contributed by atoms with E-state index in [0.29, 0.717) is 13.2 Å². The van der Waals surface area contributed by atoms with E-state index in [9.17, 15) is 0 Å². The fourth-order valence-electron chi connectivity index (χ4n) is 2.03. The Kier molecular flexibility index (Phi) is 3.41. The number of nitrogens with two attached hydrogens (primary N) is 1. The van der Waals surface area contributed by atoms with Crippen molar-refractivity contribution in [2.45, 2.75) is 13.3 Å². The van der Waals surface area contributed by atoms with E-state index in [2.05, 4.69) is 28.9 Å². The number of rotatable bonds is 1. The van der Waals surface area contributed by atoms with Gasteiger partial charge >= 0.3 is 0 Å². The lowest BCUT2D eigenvalue weighted by atomic mass is 10.1. The van der Waals surface area contributed by atoms with E-state index < -0.39 is 0 Å². The van der Waals surface area contributed by atoms with Crippen LogP contribution in [-0.4, -0.2) is 13.2 Å². The summed E-state index contributed by atoms with van der Waals surface area (Å²) in [5, 5.41) is 0. The Morgan fingerprint density at radius 3 is 2.47 bits per heavy atom. The van der Waals surface area contributed by atoms with Crippen LogP contribution in [0.5, 0.6) is 11.5 Å². The molecule has 100 valence electrons. The molecule has 1 aliphatic rings. The van der Waals surface area contributed by atoms with Gasteiger partial charge in [0, 0.05) is 28.6 Å². The van der Waals surface area contributed by atoms with E-state index in [1.807, 2.05) is 12.1 Å². The lowest BCUT2D eigenvalue weighted by Crippen LogP contribution is -1.97. The lowest BCUT2D eigenvalue weighted by molar-refractivity contribution is 0.297. The van der Waals surface area contributed by atoms with Crippen LogP contribution < -0.4 is 15.2 Å². The van der Waals surface area contributed by atoms with Gasteiger partial charge in [-0.15, -0.1) is 11.3 Å². The van der Waals surface area contributed by atoms with Crippen molar-refractivity contribution in [3.63, 3.8) is 0 Å². The number of benzene rings is 1. The average Bonchev–Trinajstić information content (AvgIpc) is 2.60. The van der Waals surface area contributed by atoms with Crippen LogP contribution in [0.15, 0.2) is 22.0 Å². The van der Waals surface area contributed by atoms with Crippen molar-refractivity contribution in [3.8, 4) is 21.9 Å². The summed E-state index contributed by atoms with van der Waals surface area (Å²) in [6.07, 6.45) is 0.896. The zero-order valence-electron chi connectivity index (χ0n) is 10.5. The third-order valence-corrected chi connectivity index (χ3v) is 5.21. The summed E-state index contributed by atoms with van der Waals surface area (Å²) in [4.78, 5) is 1.14. The molecule has 0 spiro atoms. The van der Waals surface area contributed by atoms with Crippen molar-refractivity contribution in [3.05, 3.63) is 27.5 Å². The van der Waals surface area contributed by atoms with E-state index in [4.69, 9.17) is 15.2 Å². The molecule has 19 heavy (non-hydrogen) atoms. The molecule has 2 aromatic rings. The summed E-state index contributed by atoms with van der Waals surface area (Å²) in [5.41, 5.74) is 9.08. The van der Waals surface area contributed by atoms with Gasteiger partial charge in [-0.2, -0.15) is 0 Å².